The van der Waals surface area contributed by atoms with E-state index in [1.54, 1.807) is 0 Å². The molecule has 0 saturated carbocycles. The number of hydrogen-bond acceptors (Lipinski definition) is 0. The summed E-state index contributed by atoms with van der Waals surface area (Å²) in [5.74, 6) is 0. The molecule has 0 fully saturated rings. The van der Waals surface area contributed by atoms with E-state index >= 15 is 0 Å². The van der Waals surface area contributed by atoms with E-state index in [-0.39, 0.29) is 8.41 Å². The maximum absolute atomic E-state index is 2.36. The van der Waals surface area contributed by atoms with Crippen LogP contribution in [0.4, 0.5) is 0 Å². The molecule has 0 N–H and O–H groups in total. The van der Waals surface area contributed by atoms with Gasteiger partial charge < -0.3 is 4.48 Å². The highest BCUT2D eigenvalue weighted by Gasteiger charge is 2.23. The van der Waals surface area contributed by atoms with Crippen molar-refractivity contribution in [3.63, 3.8) is 0 Å². The molecule has 1 nitrogen and oxygen atoms in total. The number of rotatable bonds is 21. The highest BCUT2D eigenvalue weighted by atomic mass is 15.3. The first kappa shape index (κ1) is 29.2. The van der Waals surface area contributed by atoms with Crippen LogP contribution in [0.5, 0.6) is 0 Å². The average Bonchev–Trinajstić information content (AvgIpc) is 2.63. The molecule has 0 heterocycles. The summed E-state index contributed by atoms with van der Waals surface area (Å²) in [6, 6.07) is 0. The first-order valence-electron chi connectivity index (χ1n) is 12.6. The minimum Gasteiger partial charge on any atom is -0.324 e. The molecule has 0 aliphatic heterocycles. The summed E-state index contributed by atoms with van der Waals surface area (Å²) < 4.78 is 1.40. The van der Waals surface area contributed by atoms with E-state index in [2.05, 4.69) is 27.7 Å². The molecular formula is C25H57BN+. The smallest absolute Gasteiger partial charge is 0.0814 e. The molecule has 0 aromatic rings. The van der Waals surface area contributed by atoms with Gasteiger partial charge in [0.2, 0.25) is 0 Å². The van der Waals surface area contributed by atoms with E-state index in [0.29, 0.717) is 0 Å². The minimum atomic E-state index is 0. The second-order valence-corrected chi connectivity index (χ2v) is 8.83. The van der Waals surface area contributed by atoms with E-state index in [1.807, 2.05) is 0 Å². The van der Waals surface area contributed by atoms with Gasteiger partial charge in [0.05, 0.1) is 34.6 Å². The molecule has 0 aromatic carbocycles. The van der Waals surface area contributed by atoms with Crippen molar-refractivity contribution in [1.29, 1.82) is 0 Å². The van der Waals surface area contributed by atoms with E-state index in [1.165, 1.54) is 140 Å². The van der Waals surface area contributed by atoms with Gasteiger partial charge in [0.15, 0.2) is 0 Å². The normalized spacial score (nSPS) is 11.6. The molecule has 0 aliphatic carbocycles. The predicted molar refractivity (Wildman–Crippen MR) is 131 cm³/mol. The van der Waals surface area contributed by atoms with Crippen molar-refractivity contribution in [3.05, 3.63) is 0 Å². The lowest BCUT2D eigenvalue weighted by molar-refractivity contribution is -0.928. The van der Waals surface area contributed by atoms with Gasteiger partial charge in [0.1, 0.15) is 0 Å². The molecule has 0 bridgehead atoms. The second kappa shape index (κ2) is 22.3. The van der Waals surface area contributed by atoms with Gasteiger partial charge >= 0.3 is 0 Å². The molecule has 164 valence electrons. The first-order chi connectivity index (χ1) is 12.7. The van der Waals surface area contributed by atoms with Gasteiger partial charge in [-0.3, -0.25) is 0 Å². The summed E-state index contributed by atoms with van der Waals surface area (Å²) >= 11 is 0. The van der Waals surface area contributed by atoms with Gasteiger partial charge in [0.25, 0.3) is 0 Å². The third-order valence-electron chi connectivity index (χ3n) is 6.08. The van der Waals surface area contributed by atoms with Gasteiger partial charge in [-0.15, -0.1) is 0 Å². The number of hydrogen-bond donors (Lipinski definition) is 0. The summed E-state index contributed by atoms with van der Waals surface area (Å²) in [5, 5.41) is 0. The summed E-state index contributed by atoms with van der Waals surface area (Å²) in [4.78, 5) is 0. The molecule has 0 unspecified atom stereocenters. The lowest BCUT2D eigenvalue weighted by Gasteiger charge is -2.38. The zero-order valence-corrected chi connectivity index (χ0v) is 19.3. The fourth-order valence-electron chi connectivity index (χ4n) is 4.74. The lowest BCUT2D eigenvalue weighted by Crippen LogP contribution is -2.50. The van der Waals surface area contributed by atoms with Gasteiger partial charge in [-0.1, -0.05) is 105 Å². The van der Waals surface area contributed by atoms with Gasteiger partial charge in [-0.05, 0) is 32.1 Å². The number of nitrogens with zero attached hydrogens (tertiary/aromatic N) is 1. The van der Waals surface area contributed by atoms with Gasteiger partial charge in [-0.2, -0.15) is 0 Å². The topological polar surface area (TPSA) is 0 Å². The van der Waals surface area contributed by atoms with Crippen molar-refractivity contribution >= 4 is 8.41 Å². The highest BCUT2D eigenvalue weighted by Crippen LogP contribution is 2.16. The maximum atomic E-state index is 2.36. The van der Waals surface area contributed by atoms with Crippen molar-refractivity contribution in [1.82, 2.24) is 0 Å². The van der Waals surface area contributed by atoms with Crippen LogP contribution < -0.4 is 0 Å². The Morgan fingerprint density at radius 1 is 0.333 bits per heavy atom. The molecule has 0 aromatic heterocycles. The molecule has 0 radical (unpaired) electrons. The number of quaternary nitrogens is 1. The Morgan fingerprint density at radius 2 is 0.630 bits per heavy atom. The molecular weight excluding hydrogens is 325 g/mol. The van der Waals surface area contributed by atoms with Crippen LogP contribution in [0.2, 0.25) is 0 Å². The summed E-state index contributed by atoms with van der Waals surface area (Å²) in [6.45, 7) is 15.0. The number of unbranched alkanes of at least 4 members (excludes halogenated alkanes) is 13. The molecule has 2 heteroatoms. The monoisotopic (exact) mass is 382 g/mol. The van der Waals surface area contributed by atoms with Crippen molar-refractivity contribution in [2.75, 3.05) is 26.2 Å². The van der Waals surface area contributed by atoms with Crippen molar-refractivity contribution in [3.8, 4) is 0 Å². The van der Waals surface area contributed by atoms with E-state index in [0.717, 1.165) is 0 Å². The van der Waals surface area contributed by atoms with Crippen LogP contribution in [0.25, 0.3) is 0 Å². The Balaban J connectivity index is 0. The fraction of sp³-hybridized carbons (Fsp3) is 1.00. The Morgan fingerprint density at radius 3 is 0.926 bits per heavy atom. The van der Waals surface area contributed by atoms with Gasteiger partial charge in [0, 0.05) is 0 Å². The first-order valence-corrected chi connectivity index (χ1v) is 12.6. The molecule has 0 rings (SSSR count). The Bertz CT molecular complexity index is 250. The van der Waals surface area contributed by atoms with Crippen LogP contribution in [0.15, 0.2) is 0 Å². The van der Waals surface area contributed by atoms with Crippen LogP contribution in [0.3, 0.4) is 0 Å². The van der Waals surface area contributed by atoms with E-state index in [9.17, 15) is 0 Å². The Kier molecular flexibility index (Phi) is 24.2. The van der Waals surface area contributed by atoms with Crippen molar-refractivity contribution < 1.29 is 4.48 Å². The average molecular weight is 383 g/mol. The van der Waals surface area contributed by atoms with Crippen LogP contribution >= 0.6 is 0 Å². The van der Waals surface area contributed by atoms with Crippen molar-refractivity contribution in [2.45, 2.75) is 137 Å². The molecule has 0 aliphatic rings. The SMILES string of the molecule is B.CCCCCCCCCCCCCCCC[N+](CCC)(CCC)CCC. The van der Waals surface area contributed by atoms with Crippen LogP contribution in [0, 0.1) is 0 Å². The summed E-state index contributed by atoms with van der Waals surface area (Å²) in [6.07, 6.45) is 24.6. The third kappa shape index (κ3) is 17.8. The minimum absolute atomic E-state index is 0. The van der Waals surface area contributed by atoms with Crippen molar-refractivity contribution in [2.24, 2.45) is 0 Å². The predicted octanol–water partition coefficient (Wildman–Crippen LogP) is 7.33. The highest BCUT2D eigenvalue weighted by molar-refractivity contribution is 5.75. The van der Waals surface area contributed by atoms with Crippen LogP contribution in [-0.2, 0) is 0 Å². The molecule has 0 spiro atoms. The molecule has 0 saturated heterocycles. The zero-order chi connectivity index (χ0) is 19.3. The van der Waals surface area contributed by atoms with E-state index in [4.69, 9.17) is 0 Å². The molecule has 0 atom stereocenters. The quantitative estimate of drug-likeness (QED) is 0.111. The molecule has 27 heavy (non-hydrogen) atoms. The summed E-state index contributed by atoms with van der Waals surface area (Å²) in [7, 11) is 0. The second-order valence-electron chi connectivity index (χ2n) is 8.83. The Hall–Kier alpha value is 0.0249. The van der Waals surface area contributed by atoms with Crippen LogP contribution in [-0.4, -0.2) is 39.1 Å². The largest absolute Gasteiger partial charge is 0.324 e. The lowest BCUT2D eigenvalue weighted by atomic mass is 10.0. The summed E-state index contributed by atoms with van der Waals surface area (Å²) in [5.41, 5.74) is 0. The third-order valence-corrected chi connectivity index (χ3v) is 6.08. The fourth-order valence-corrected chi connectivity index (χ4v) is 4.74. The van der Waals surface area contributed by atoms with Crippen LogP contribution in [0.1, 0.15) is 137 Å². The molecule has 0 amide bonds. The van der Waals surface area contributed by atoms with Gasteiger partial charge in [-0.25, -0.2) is 0 Å². The van der Waals surface area contributed by atoms with E-state index < -0.39 is 0 Å². The maximum Gasteiger partial charge on any atom is 0.0814 e. The standard InChI is InChI=1S/C25H54N.BH3/c1-5-9-10-11-12-13-14-15-16-17-18-19-20-21-25-26(22-6-2,23-7-3)24-8-4;/h5-25H2,1-4H3;1H3/q+1;. The Labute approximate surface area is 176 Å². The zero-order valence-electron chi connectivity index (χ0n) is 19.3.